The normalized spacial score (nSPS) is 19.5. The zero-order valence-corrected chi connectivity index (χ0v) is 21.1. The molecule has 1 aliphatic heterocycles. The van der Waals surface area contributed by atoms with Gasteiger partial charge in [0.05, 0.1) is 0 Å². The van der Waals surface area contributed by atoms with E-state index in [1.54, 1.807) is 6.08 Å². The predicted molar refractivity (Wildman–Crippen MR) is 138 cm³/mol. The van der Waals surface area contributed by atoms with Crippen LogP contribution in [-0.4, -0.2) is 64.7 Å². The molecule has 0 radical (unpaired) electrons. The van der Waals surface area contributed by atoms with Crippen molar-refractivity contribution in [2.75, 3.05) is 12.4 Å². The average Bonchev–Trinajstić information content (AvgIpc) is 3.00. The van der Waals surface area contributed by atoms with Crippen LogP contribution in [0, 0.1) is 5.41 Å². The number of anilines is 1. The fraction of sp³-hybridized carbons (Fsp3) is 0.429. The van der Waals surface area contributed by atoms with E-state index in [1.165, 1.54) is 13.2 Å². The van der Waals surface area contributed by atoms with Gasteiger partial charge >= 0.3 is 0 Å². The Bertz CT molecular complexity index is 1080. The van der Waals surface area contributed by atoms with Crippen molar-refractivity contribution < 1.29 is 29.6 Å². The van der Waals surface area contributed by atoms with Gasteiger partial charge in [-0.1, -0.05) is 69.3 Å². The van der Waals surface area contributed by atoms with Gasteiger partial charge in [0.1, 0.15) is 24.4 Å². The molecule has 0 bridgehead atoms. The summed E-state index contributed by atoms with van der Waals surface area (Å²) in [5.74, 6) is -1.14. The Kier molecular flexibility index (Phi) is 9.03. The van der Waals surface area contributed by atoms with Gasteiger partial charge in [0, 0.05) is 12.8 Å². The summed E-state index contributed by atoms with van der Waals surface area (Å²) in [6.45, 7) is 5.76. The fourth-order valence-corrected chi connectivity index (χ4v) is 4.06. The third kappa shape index (κ3) is 7.01. The lowest BCUT2D eigenvalue weighted by Gasteiger charge is -2.28. The molecule has 0 saturated carbocycles. The summed E-state index contributed by atoms with van der Waals surface area (Å²) in [6.07, 6.45) is -2.31. The third-order valence-corrected chi connectivity index (χ3v) is 6.12. The molecule has 5 atom stereocenters. The van der Waals surface area contributed by atoms with Crippen LogP contribution in [0.2, 0.25) is 0 Å². The smallest absolute Gasteiger partial charge is 0.252 e. The van der Waals surface area contributed by atoms with Crippen molar-refractivity contribution in [3.8, 4) is 11.1 Å². The average molecular weight is 497 g/mol. The maximum Gasteiger partial charge on any atom is 0.252 e. The molecule has 1 aliphatic rings. The Morgan fingerprint density at radius 2 is 1.78 bits per heavy atom. The van der Waals surface area contributed by atoms with Crippen LogP contribution < -0.4 is 10.6 Å². The van der Waals surface area contributed by atoms with Crippen LogP contribution in [-0.2, 0) is 20.7 Å². The Labute approximate surface area is 212 Å². The molecule has 2 aromatic rings. The zero-order chi connectivity index (χ0) is 26.5. The molecular weight excluding hydrogens is 460 g/mol. The maximum absolute atomic E-state index is 12.9. The highest BCUT2D eigenvalue weighted by molar-refractivity contribution is 5.99. The highest BCUT2D eigenvalue weighted by Gasteiger charge is 2.37. The second-order valence-corrected chi connectivity index (χ2v) is 10.2. The number of ether oxygens (including phenoxy) is 1. The largest absolute Gasteiger partial charge is 0.387 e. The number of aliphatic hydroxyl groups excluding tert-OH is 3. The second kappa shape index (κ2) is 11.8. The highest BCUT2D eigenvalue weighted by Crippen LogP contribution is 2.28. The number of fused-ring (bicyclic) bond motifs is 1. The van der Waals surface area contributed by atoms with E-state index < -0.39 is 36.4 Å². The lowest BCUT2D eigenvalue weighted by Crippen LogP contribution is -2.55. The first-order chi connectivity index (χ1) is 17.0. The number of carbonyl (C=O) groups excluding carboxylic acids is 2. The molecule has 8 nitrogen and oxygen atoms in total. The number of nitrogens with one attached hydrogen (secondary N) is 2. The summed E-state index contributed by atoms with van der Waals surface area (Å²) in [5, 5.41) is 36.7. The Morgan fingerprint density at radius 3 is 2.42 bits per heavy atom. The SMILES string of the molecule is CO[C@@H](C(=O)N[C@H]1CCc2cc(-c3ccccc3)ccc2NC1=O)[C@H](O)[C@@H](O)[C@H](O)/C=C/C(C)(C)C. The second-order valence-electron chi connectivity index (χ2n) is 10.2. The van der Waals surface area contributed by atoms with Crippen LogP contribution in [0.15, 0.2) is 60.7 Å². The van der Waals surface area contributed by atoms with Gasteiger partial charge in [-0.2, -0.15) is 0 Å². The van der Waals surface area contributed by atoms with Crippen LogP contribution in [0.1, 0.15) is 32.8 Å². The maximum atomic E-state index is 12.9. The van der Waals surface area contributed by atoms with E-state index in [9.17, 15) is 24.9 Å². The Balaban J connectivity index is 1.67. The molecule has 2 amide bonds. The molecule has 1 heterocycles. The quantitative estimate of drug-likeness (QED) is 0.357. The summed E-state index contributed by atoms with van der Waals surface area (Å²) < 4.78 is 5.14. The van der Waals surface area contributed by atoms with Crippen LogP contribution >= 0.6 is 0 Å². The van der Waals surface area contributed by atoms with Gasteiger partial charge in [0.15, 0.2) is 6.10 Å². The molecule has 36 heavy (non-hydrogen) atoms. The van der Waals surface area contributed by atoms with E-state index in [4.69, 9.17) is 4.74 Å². The van der Waals surface area contributed by atoms with E-state index in [0.717, 1.165) is 16.7 Å². The molecule has 0 fully saturated rings. The van der Waals surface area contributed by atoms with E-state index in [0.29, 0.717) is 18.5 Å². The fourth-order valence-electron chi connectivity index (χ4n) is 4.06. The van der Waals surface area contributed by atoms with Gasteiger partial charge in [-0.25, -0.2) is 0 Å². The van der Waals surface area contributed by atoms with Crippen LogP contribution in [0.25, 0.3) is 11.1 Å². The number of hydrogen-bond donors (Lipinski definition) is 5. The number of aryl methyl sites for hydroxylation is 1. The molecule has 0 unspecified atom stereocenters. The summed E-state index contributed by atoms with van der Waals surface area (Å²) >= 11 is 0. The number of allylic oxidation sites excluding steroid dienone is 1. The minimum absolute atomic E-state index is 0.240. The number of aliphatic hydroxyl groups is 3. The summed E-state index contributed by atoms with van der Waals surface area (Å²) in [5.41, 5.74) is 3.49. The van der Waals surface area contributed by atoms with Crippen molar-refractivity contribution >= 4 is 17.5 Å². The lowest BCUT2D eigenvalue weighted by atomic mass is 9.94. The minimum Gasteiger partial charge on any atom is -0.387 e. The highest BCUT2D eigenvalue weighted by atomic mass is 16.5. The molecule has 5 N–H and O–H groups in total. The number of rotatable bonds is 8. The molecule has 3 rings (SSSR count). The van der Waals surface area contributed by atoms with Crippen molar-refractivity contribution in [3.05, 3.63) is 66.2 Å². The summed E-state index contributed by atoms with van der Waals surface area (Å²) in [7, 11) is 1.21. The molecule has 0 aliphatic carbocycles. The number of carbonyl (C=O) groups is 2. The first-order valence-electron chi connectivity index (χ1n) is 12.1. The van der Waals surface area contributed by atoms with E-state index >= 15 is 0 Å². The summed E-state index contributed by atoms with van der Waals surface area (Å²) in [6, 6.07) is 14.9. The van der Waals surface area contributed by atoms with Gasteiger partial charge in [-0.05, 0) is 47.1 Å². The van der Waals surface area contributed by atoms with Gasteiger partial charge in [-0.15, -0.1) is 0 Å². The first kappa shape index (κ1) is 27.5. The molecule has 2 aromatic carbocycles. The number of hydrogen-bond acceptors (Lipinski definition) is 6. The number of benzene rings is 2. The van der Waals surface area contributed by atoms with Crippen LogP contribution in [0.3, 0.4) is 0 Å². The predicted octanol–water partition coefficient (Wildman–Crippen LogP) is 2.42. The van der Waals surface area contributed by atoms with Crippen molar-refractivity contribution in [1.82, 2.24) is 5.32 Å². The van der Waals surface area contributed by atoms with Gasteiger partial charge < -0.3 is 30.7 Å². The molecule has 0 aromatic heterocycles. The van der Waals surface area contributed by atoms with E-state index in [2.05, 4.69) is 10.6 Å². The Morgan fingerprint density at radius 1 is 1.08 bits per heavy atom. The Hall–Kier alpha value is -3.04. The topological polar surface area (TPSA) is 128 Å². The number of amides is 2. The molecule has 8 heteroatoms. The molecule has 0 spiro atoms. The summed E-state index contributed by atoms with van der Waals surface area (Å²) in [4.78, 5) is 25.8. The monoisotopic (exact) mass is 496 g/mol. The van der Waals surface area contributed by atoms with Crippen LogP contribution in [0.5, 0.6) is 0 Å². The molecular formula is C28H36N2O6. The van der Waals surface area contributed by atoms with Crippen molar-refractivity contribution in [2.45, 2.75) is 64.1 Å². The number of methoxy groups -OCH3 is 1. The third-order valence-electron chi connectivity index (χ3n) is 6.12. The van der Waals surface area contributed by atoms with E-state index in [-0.39, 0.29) is 11.3 Å². The zero-order valence-electron chi connectivity index (χ0n) is 21.1. The lowest BCUT2D eigenvalue weighted by molar-refractivity contribution is -0.150. The van der Waals surface area contributed by atoms with Gasteiger partial charge in [0.2, 0.25) is 5.91 Å². The molecule has 0 saturated heterocycles. The molecule has 194 valence electrons. The first-order valence-corrected chi connectivity index (χ1v) is 12.1. The van der Waals surface area contributed by atoms with E-state index in [1.807, 2.05) is 69.3 Å². The van der Waals surface area contributed by atoms with Crippen molar-refractivity contribution in [2.24, 2.45) is 5.41 Å². The van der Waals surface area contributed by atoms with Gasteiger partial charge in [-0.3, -0.25) is 9.59 Å². The van der Waals surface area contributed by atoms with Crippen molar-refractivity contribution in [3.63, 3.8) is 0 Å². The van der Waals surface area contributed by atoms with Gasteiger partial charge in [0.25, 0.3) is 5.91 Å². The van der Waals surface area contributed by atoms with Crippen molar-refractivity contribution in [1.29, 1.82) is 0 Å². The standard InChI is InChI=1S/C28H36N2O6/c1-28(2,3)15-14-22(31)23(32)24(33)25(36-4)27(35)30-21-13-11-19-16-18(17-8-6-5-7-9-17)10-12-20(19)29-26(21)34/h5-10,12,14-16,21-25,31-33H,11,13H2,1-4H3,(H,29,34)(H,30,35)/b15-14+/t21-,22+,23-,24+,25+/m0/s1. The minimum atomic E-state index is -1.71. The van der Waals surface area contributed by atoms with Crippen LogP contribution in [0.4, 0.5) is 5.69 Å².